The second-order valence-electron chi connectivity index (χ2n) is 5.74. The average molecular weight is 397 g/mol. The minimum Gasteiger partial charge on any atom is -0.506 e. The van der Waals surface area contributed by atoms with Crippen LogP contribution in [0.5, 0.6) is 11.5 Å². The lowest BCUT2D eigenvalue weighted by atomic mass is 10.1. The van der Waals surface area contributed by atoms with E-state index >= 15 is 0 Å². The number of aromatic hydroxyl groups is 1. The van der Waals surface area contributed by atoms with Crippen LogP contribution in [0.1, 0.15) is 12.5 Å². The molecule has 28 heavy (non-hydrogen) atoms. The number of aliphatic hydroxyl groups is 1. The number of ether oxygens (including phenoxy) is 2. The molecule has 0 bridgehead atoms. The monoisotopic (exact) mass is 397 g/mol. The summed E-state index contributed by atoms with van der Waals surface area (Å²) in [6.45, 7) is 1.88. The van der Waals surface area contributed by atoms with Crippen molar-refractivity contribution in [2.75, 3.05) is 13.7 Å². The number of phenolic OH excluding ortho intramolecular Hbond substituents is 1. The summed E-state index contributed by atoms with van der Waals surface area (Å²) < 4.78 is 10.1. The van der Waals surface area contributed by atoms with Gasteiger partial charge in [0.1, 0.15) is 16.4 Å². The molecule has 2 aromatic carbocycles. The van der Waals surface area contributed by atoms with E-state index in [-0.39, 0.29) is 23.7 Å². The fourth-order valence-electron chi connectivity index (χ4n) is 2.56. The zero-order valence-corrected chi connectivity index (χ0v) is 16.2. The van der Waals surface area contributed by atoms with Gasteiger partial charge < -0.3 is 19.7 Å². The largest absolute Gasteiger partial charge is 0.506 e. The maximum absolute atomic E-state index is 12.4. The Labute approximate surface area is 166 Å². The van der Waals surface area contributed by atoms with Crippen molar-refractivity contribution >= 4 is 34.5 Å². The maximum atomic E-state index is 12.4. The molecule has 0 spiro atoms. The number of nitrogens with zero attached hydrogens (tertiary/aromatic N) is 1. The lowest BCUT2D eigenvalue weighted by Crippen LogP contribution is -2.12. The van der Waals surface area contributed by atoms with E-state index in [4.69, 9.17) is 9.47 Å². The lowest BCUT2D eigenvalue weighted by Gasteiger charge is -2.04. The molecule has 0 atom stereocenters. The summed E-state index contributed by atoms with van der Waals surface area (Å²) in [6.07, 6.45) is 1.66. The maximum Gasteiger partial charge on any atom is 0.344 e. The van der Waals surface area contributed by atoms with Gasteiger partial charge in [-0.3, -0.25) is 0 Å². The Morgan fingerprint density at radius 3 is 2.57 bits per heavy atom. The Bertz CT molecular complexity index is 980. The second-order valence-corrected chi connectivity index (χ2v) is 6.77. The molecule has 1 aliphatic rings. The normalized spacial score (nSPS) is 16.6. The van der Waals surface area contributed by atoms with E-state index in [9.17, 15) is 15.0 Å². The molecule has 0 radical (unpaired) electrons. The summed E-state index contributed by atoms with van der Waals surface area (Å²) in [6, 6.07) is 14.0. The lowest BCUT2D eigenvalue weighted by molar-refractivity contribution is -0.138. The van der Waals surface area contributed by atoms with E-state index in [1.807, 2.05) is 18.2 Å². The van der Waals surface area contributed by atoms with Crippen molar-refractivity contribution < 1.29 is 24.5 Å². The van der Waals surface area contributed by atoms with E-state index in [0.717, 1.165) is 11.8 Å². The first-order chi connectivity index (χ1) is 13.5. The van der Waals surface area contributed by atoms with Crippen molar-refractivity contribution in [3.8, 4) is 11.5 Å². The Kier molecular flexibility index (Phi) is 6.06. The van der Waals surface area contributed by atoms with Crippen LogP contribution in [0.15, 0.2) is 69.8 Å². The number of carbonyl (C=O) groups excluding carboxylic acids is 1. The number of carbonyl (C=O) groups is 1. The molecule has 2 N–H and O–H groups in total. The first kappa shape index (κ1) is 19.6. The van der Waals surface area contributed by atoms with Gasteiger partial charge in [0, 0.05) is 0 Å². The topological polar surface area (TPSA) is 88.4 Å². The van der Waals surface area contributed by atoms with Crippen LogP contribution in [0.4, 0.5) is 5.69 Å². The summed E-state index contributed by atoms with van der Waals surface area (Å²) in [7, 11) is 1.46. The van der Waals surface area contributed by atoms with Crippen LogP contribution >= 0.6 is 11.8 Å². The molecule has 0 unspecified atom stereocenters. The molecule has 0 amide bonds. The number of benzene rings is 2. The van der Waals surface area contributed by atoms with Crippen LogP contribution in [-0.4, -0.2) is 34.9 Å². The fourth-order valence-corrected chi connectivity index (χ4v) is 3.59. The van der Waals surface area contributed by atoms with Gasteiger partial charge in [-0.25, -0.2) is 9.79 Å². The first-order valence-corrected chi connectivity index (χ1v) is 9.36. The highest BCUT2D eigenvalue weighted by Crippen LogP contribution is 2.40. The van der Waals surface area contributed by atoms with Crippen molar-refractivity contribution in [3.63, 3.8) is 0 Å². The smallest absolute Gasteiger partial charge is 0.344 e. The third kappa shape index (κ3) is 4.20. The van der Waals surface area contributed by atoms with Gasteiger partial charge in [-0.05, 0) is 42.8 Å². The van der Waals surface area contributed by atoms with Gasteiger partial charge in [-0.2, -0.15) is 0 Å². The zero-order valence-electron chi connectivity index (χ0n) is 15.4. The molecule has 2 aromatic rings. The number of para-hydroxylation sites is 1. The number of thioether (sulfide) groups is 1. The Balaban J connectivity index is 2.02. The molecule has 7 heteroatoms. The molecule has 6 nitrogen and oxygen atoms in total. The van der Waals surface area contributed by atoms with Gasteiger partial charge in [0.25, 0.3) is 0 Å². The van der Waals surface area contributed by atoms with Crippen LogP contribution in [0.3, 0.4) is 0 Å². The third-order valence-corrected chi connectivity index (χ3v) is 4.88. The average Bonchev–Trinajstić information content (AvgIpc) is 2.98. The number of methoxy groups -OCH3 is 1. The van der Waals surface area contributed by atoms with Gasteiger partial charge >= 0.3 is 5.97 Å². The number of esters is 1. The quantitative estimate of drug-likeness (QED) is 0.717. The number of aliphatic hydroxyl groups excluding tert-OH is 1. The Hall–Kier alpha value is -3.19. The van der Waals surface area contributed by atoms with Gasteiger partial charge in [0.05, 0.1) is 24.3 Å². The highest BCUT2D eigenvalue weighted by Gasteiger charge is 2.33. The van der Waals surface area contributed by atoms with E-state index in [1.165, 1.54) is 13.2 Å². The third-order valence-electron chi connectivity index (χ3n) is 3.86. The van der Waals surface area contributed by atoms with Crippen LogP contribution in [-0.2, 0) is 9.53 Å². The minimum atomic E-state index is -0.636. The second kappa shape index (κ2) is 8.67. The zero-order chi connectivity index (χ0) is 20.1. The fraction of sp³-hybridized carbons (Fsp3) is 0.143. The van der Waals surface area contributed by atoms with E-state index in [2.05, 4.69) is 4.99 Å². The number of hydrogen-bond donors (Lipinski definition) is 2. The summed E-state index contributed by atoms with van der Waals surface area (Å²) in [5.74, 6) is -0.511. The minimum absolute atomic E-state index is 0.0212. The standard InChI is InChI=1S/C21H19NO5S/c1-3-27-21(25)18-19(24)17(12-13-9-10-16(26-2)15(23)11-13)28-20(18)22-14-7-5-4-6-8-14/h4-12,23-24H,3H2,1-2H3/b17-12-,22-20?. The summed E-state index contributed by atoms with van der Waals surface area (Å²) in [4.78, 5) is 17.3. The van der Waals surface area contributed by atoms with Crippen LogP contribution < -0.4 is 4.74 Å². The summed E-state index contributed by atoms with van der Waals surface area (Å²) in [5, 5.41) is 21.0. The molecule has 144 valence electrons. The highest BCUT2D eigenvalue weighted by atomic mass is 32.2. The van der Waals surface area contributed by atoms with Gasteiger partial charge in [0.2, 0.25) is 0 Å². The van der Waals surface area contributed by atoms with Gasteiger partial charge in [0.15, 0.2) is 11.5 Å². The van der Waals surface area contributed by atoms with E-state index in [0.29, 0.717) is 26.9 Å². The first-order valence-electron chi connectivity index (χ1n) is 8.55. The predicted octanol–water partition coefficient (Wildman–Crippen LogP) is 4.59. The van der Waals surface area contributed by atoms with Gasteiger partial charge in [-0.1, -0.05) is 36.0 Å². The molecule has 0 saturated heterocycles. The van der Waals surface area contributed by atoms with Crippen LogP contribution in [0, 0.1) is 0 Å². The van der Waals surface area contributed by atoms with Crippen molar-refractivity contribution in [1.29, 1.82) is 0 Å². The number of phenols is 1. The molecule has 1 heterocycles. The SMILES string of the molecule is CCOC(=O)C1=C(O)/C(=C/c2ccc(OC)c(O)c2)SC1=Nc1ccccc1. The van der Waals surface area contributed by atoms with E-state index < -0.39 is 5.97 Å². The molecule has 0 saturated carbocycles. The predicted molar refractivity (Wildman–Crippen MR) is 110 cm³/mol. The summed E-state index contributed by atoms with van der Waals surface area (Å²) in [5.41, 5.74) is 1.32. The molecular weight excluding hydrogens is 378 g/mol. The summed E-state index contributed by atoms with van der Waals surface area (Å²) >= 11 is 1.16. The van der Waals surface area contributed by atoms with Crippen molar-refractivity contribution in [2.24, 2.45) is 4.99 Å². The van der Waals surface area contributed by atoms with Gasteiger partial charge in [-0.15, -0.1) is 0 Å². The molecule has 0 aromatic heterocycles. The number of hydrogen-bond acceptors (Lipinski definition) is 7. The van der Waals surface area contributed by atoms with Crippen LogP contribution in [0.2, 0.25) is 0 Å². The van der Waals surface area contributed by atoms with Crippen molar-refractivity contribution in [3.05, 3.63) is 70.3 Å². The van der Waals surface area contributed by atoms with Crippen molar-refractivity contribution in [1.82, 2.24) is 0 Å². The Morgan fingerprint density at radius 1 is 1.18 bits per heavy atom. The molecule has 0 fully saturated rings. The van der Waals surface area contributed by atoms with E-state index in [1.54, 1.807) is 37.3 Å². The molecular formula is C21H19NO5S. The molecule has 3 rings (SSSR count). The Morgan fingerprint density at radius 2 is 1.93 bits per heavy atom. The highest BCUT2D eigenvalue weighted by molar-refractivity contribution is 8.18. The molecule has 1 aliphatic heterocycles. The number of rotatable bonds is 5. The number of aliphatic imine (C=N–C) groups is 1. The van der Waals surface area contributed by atoms with Crippen LogP contribution in [0.25, 0.3) is 6.08 Å². The molecule has 0 aliphatic carbocycles. The van der Waals surface area contributed by atoms with Crippen molar-refractivity contribution in [2.45, 2.75) is 6.92 Å².